The van der Waals surface area contributed by atoms with Crippen molar-refractivity contribution in [1.29, 1.82) is 0 Å². The minimum atomic E-state index is -0.478. The van der Waals surface area contributed by atoms with Gasteiger partial charge in [0.1, 0.15) is 17.5 Å². The number of rotatable bonds is 3. The third kappa shape index (κ3) is 2.20. The van der Waals surface area contributed by atoms with Crippen molar-refractivity contribution in [3.8, 4) is 0 Å². The number of piperidine rings is 1. The van der Waals surface area contributed by atoms with E-state index in [1.54, 1.807) is 26.4 Å². The Balaban J connectivity index is 2.37. The molecule has 2 rings (SSSR count). The molecule has 2 atom stereocenters. The maximum absolute atomic E-state index is 13.0. The third-order valence-corrected chi connectivity index (χ3v) is 3.50. The molecule has 1 N–H and O–H groups in total. The van der Waals surface area contributed by atoms with Crippen LogP contribution in [0, 0.1) is 5.82 Å². The number of nitrogens with one attached hydrogen (secondary N) is 1. The number of halogens is 1. The number of ether oxygens (including phenoxy) is 2. The van der Waals surface area contributed by atoms with Gasteiger partial charge in [-0.05, 0) is 30.7 Å². The molecule has 0 aromatic heterocycles. The van der Waals surface area contributed by atoms with Crippen LogP contribution in [0.15, 0.2) is 24.3 Å². The molecule has 1 aromatic rings. The van der Waals surface area contributed by atoms with Gasteiger partial charge >= 0.3 is 0 Å². The summed E-state index contributed by atoms with van der Waals surface area (Å²) in [5.41, 5.74) is 0.489. The van der Waals surface area contributed by atoms with Gasteiger partial charge in [0.15, 0.2) is 0 Å². The van der Waals surface area contributed by atoms with Gasteiger partial charge in [-0.3, -0.25) is 0 Å². The molecule has 0 spiro atoms. The standard InChI is InChI=1S/C13H18FNO2/c1-16-12-9-15-8-7-13(12,17-2)10-3-5-11(14)6-4-10/h3-6,12,15H,7-9H2,1-2H3/t12-,13-/m1/s1. The molecule has 1 heterocycles. The maximum atomic E-state index is 13.0. The zero-order valence-corrected chi connectivity index (χ0v) is 10.2. The van der Waals surface area contributed by atoms with Gasteiger partial charge in [0, 0.05) is 20.8 Å². The quantitative estimate of drug-likeness (QED) is 0.870. The van der Waals surface area contributed by atoms with E-state index in [9.17, 15) is 4.39 Å². The van der Waals surface area contributed by atoms with E-state index in [0.29, 0.717) is 0 Å². The number of hydrogen-bond donors (Lipinski definition) is 1. The Morgan fingerprint density at radius 3 is 2.59 bits per heavy atom. The van der Waals surface area contributed by atoms with Crippen LogP contribution >= 0.6 is 0 Å². The van der Waals surface area contributed by atoms with Gasteiger partial charge in [0.25, 0.3) is 0 Å². The van der Waals surface area contributed by atoms with Crippen molar-refractivity contribution >= 4 is 0 Å². The minimum absolute atomic E-state index is 0.0632. The second-order valence-electron chi connectivity index (χ2n) is 4.28. The predicted octanol–water partition coefficient (Wildman–Crippen LogP) is 1.68. The summed E-state index contributed by atoms with van der Waals surface area (Å²) < 4.78 is 24.2. The van der Waals surface area contributed by atoms with Crippen LogP contribution in [0.2, 0.25) is 0 Å². The second kappa shape index (κ2) is 5.12. The molecule has 1 aliphatic rings. The Kier molecular flexibility index (Phi) is 3.76. The van der Waals surface area contributed by atoms with Crippen molar-refractivity contribution in [2.24, 2.45) is 0 Å². The van der Waals surface area contributed by atoms with Gasteiger partial charge < -0.3 is 14.8 Å². The number of methoxy groups -OCH3 is 2. The fourth-order valence-corrected chi connectivity index (χ4v) is 2.52. The summed E-state index contributed by atoms with van der Waals surface area (Å²) in [6.07, 6.45) is 0.750. The van der Waals surface area contributed by atoms with Crippen LogP contribution < -0.4 is 5.32 Å². The van der Waals surface area contributed by atoms with Gasteiger partial charge in [-0.15, -0.1) is 0 Å². The summed E-state index contributed by atoms with van der Waals surface area (Å²) in [5.74, 6) is -0.233. The van der Waals surface area contributed by atoms with E-state index in [4.69, 9.17) is 9.47 Å². The Hall–Kier alpha value is -0.970. The van der Waals surface area contributed by atoms with Gasteiger partial charge in [0.05, 0.1) is 0 Å². The zero-order chi connectivity index (χ0) is 12.3. The minimum Gasteiger partial charge on any atom is -0.377 e. The van der Waals surface area contributed by atoms with E-state index < -0.39 is 5.60 Å². The van der Waals surface area contributed by atoms with Gasteiger partial charge in [0.2, 0.25) is 0 Å². The lowest BCUT2D eigenvalue weighted by atomic mass is 9.82. The van der Waals surface area contributed by atoms with Crippen LogP contribution in [-0.4, -0.2) is 33.4 Å². The molecule has 1 fully saturated rings. The first-order valence-corrected chi connectivity index (χ1v) is 5.77. The molecule has 0 bridgehead atoms. The predicted molar refractivity (Wildman–Crippen MR) is 63.4 cm³/mol. The molecule has 94 valence electrons. The van der Waals surface area contributed by atoms with E-state index in [1.807, 2.05) is 0 Å². The number of benzene rings is 1. The van der Waals surface area contributed by atoms with Gasteiger partial charge in [-0.2, -0.15) is 0 Å². The normalized spacial score (nSPS) is 29.2. The van der Waals surface area contributed by atoms with E-state index >= 15 is 0 Å². The van der Waals surface area contributed by atoms with Crippen molar-refractivity contribution in [2.75, 3.05) is 27.3 Å². The zero-order valence-electron chi connectivity index (χ0n) is 10.2. The first-order valence-electron chi connectivity index (χ1n) is 5.77. The first-order chi connectivity index (χ1) is 8.23. The van der Waals surface area contributed by atoms with Crippen molar-refractivity contribution < 1.29 is 13.9 Å². The van der Waals surface area contributed by atoms with Crippen molar-refractivity contribution in [1.82, 2.24) is 5.32 Å². The topological polar surface area (TPSA) is 30.5 Å². The van der Waals surface area contributed by atoms with Gasteiger partial charge in [-0.1, -0.05) is 12.1 Å². The lowest BCUT2D eigenvalue weighted by molar-refractivity contribution is -0.137. The lowest BCUT2D eigenvalue weighted by Crippen LogP contribution is -2.53. The lowest BCUT2D eigenvalue weighted by Gasteiger charge is -2.42. The summed E-state index contributed by atoms with van der Waals surface area (Å²) in [6, 6.07) is 6.47. The fraction of sp³-hybridized carbons (Fsp3) is 0.538. The highest BCUT2D eigenvalue weighted by molar-refractivity contribution is 5.26. The molecule has 0 radical (unpaired) electrons. The molecule has 0 aliphatic carbocycles. The summed E-state index contributed by atoms with van der Waals surface area (Å²) in [5, 5.41) is 3.28. The van der Waals surface area contributed by atoms with Crippen LogP contribution in [-0.2, 0) is 15.1 Å². The molecule has 1 aliphatic heterocycles. The molecule has 17 heavy (non-hydrogen) atoms. The van der Waals surface area contributed by atoms with Crippen molar-refractivity contribution in [2.45, 2.75) is 18.1 Å². The largest absolute Gasteiger partial charge is 0.377 e. The fourth-order valence-electron chi connectivity index (χ4n) is 2.52. The van der Waals surface area contributed by atoms with E-state index in [1.165, 1.54) is 12.1 Å². The molecule has 3 nitrogen and oxygen atoms in total. The molecule has 4 heteroatoms. The van der Waals surface area contributed by atoms with Crippen LogP contribution in [0.1, 0.15) is 12.0 Å². The molecule has 1 saturated heterocycles. The van der Waals surface area contributed by atoms with Crippen LogP contribution in [0.25, 0.3) is 0 Å². The van der Waals surface area contributed by atoms with Crippen molar-refractivity contribution in [3.05, 3.63) is 35.6 Å². The Labute approximate surface area is 101 Å². The summed E-state index contributed by atoms with van der Waals surface area (Å²) in [7, 11) is 3.36. The SMILES string of the molecule is CO[C@@H]1CNCC[C@@]1(OC)c1ccc(F)cc1. The Morgan fingerprint density at radius 1 is 1.29 bits per heavy atom. The number of hydrogen-bond acceptors (Lipinski definition) is 3. The van der Waals surface area contributed by atoms with E-state index in [0.717, 1.165) is 25.1 Å². The highest BCUT2D eigenvalue weighted by atomic mass is 19.1. The van der Waals surface area contributed by atoms with E-state index in [-0.39, 0.29) is 11.9 Å². The summed E-state index contributed by atoms with van der Waals surface area (Å²) in [4.78, 5) is 0. The van der Waals surface area contributed by atoms with Crippen molar-refractivity contribution in [3.63, 3.8) is 0 Å². The highest BCUT2D eigenvalue weighted by Crippen LogP contribution is 2.35. The maximum Gasteiger partial charge on any atom is 0.123 e. The van der Waals surface area contributed by atoms with Crippen LogP contribution in [0.3, 0.4) is 0 Å². The average molecular weight is 239 g/mol. The Bertz CT molecular complexity index is 368. The molecule has 0 amide bonds. The van der Waals surface area contributed by atoms with Crippen LogP contribution in [0.5, 0.6) is 0 Å². The first kappa shape index (κ1) is 12.5. The Morgan fingerprint density at radius 2 is 2.00 bits per heavy atom. The summed E-state index contributed by atoms with van der Waals surface area (Å²) in [6.45, 7) is 1.60. The van der Waals surface area contributed by atoms with Crippen LogP contribution in [0.4, 0.5) is 4.39 Å². The average Bonchev–Trinajstić information content (AvgIpc) is 2.39. The second-order valence-corrected chi connectivity index (χ2v) is 4.28. The smallest absolute Gasteiger partial charge is 0.123 e. The highest BCUT2D eigenvalue weighted by Gasteiger charge is 2.43. The molecule has 0 unspecified atom stereocenters. The molecular weight excluding hydrogens is 221 g/mol. The summed E-state index contributed by atoms with van der Waals surface area (Å²) >= 11 is 0. The third-order valence-electron chi connectivity index (χ3n) is 3.50. The van der Waals surface area contributed by atoms with E-state index in [2.05, 4.69) is 5.32 Å². The molecule has 1 aromatic carbocycles. The molecule has 0 saturated carbocycles. The monoisotopic (exact) mass is 239 g/mol. The molecular formula is C13H18FNO2. The van der Waals surface area contributed by atoms with Gasteiger partial charge in [-0.25, -0.2) is 4.39 Å².